The molecule has 0 saturated heterocycles. The first-order valence-electron chi connectivity index (χ1n) is 7.35. The van der Waals surface area contributed by atoms with Gasteiger partial charge in [0.15, 0.2) is 11.5 Å². The van der Waals surface area contributed by atoms with Crippen LogP contribution in [0.3, 0.4) is 0 Å². The number of aromatic nitrogens is 3. The Morgan fingerprint density at radius 1 is 1.04 bits per heavy atom. The molecule has 1 aliphatic heterocycles. The molecule has 2 heterocycles. The molecule has 1 aromatic heterocycles. The van der Waals surface area contributed by atoms with Gasteiger partial charge in [-0.3, -0.25) is 0 Å². The fraction of sp³-hybridized carbons (Fsp3) is 0.176. The number of hydrogen-bond donors (Lipinski definition) is 0. The van der Waals surface area contributed by atoms with Gasteiger partial charge in [0.2, 0.25) is 0 Å². The first-order chi connectivity index (χ1) is 11.4. The number of hydrogen-bond acceptors (Lipinski definition) is 5. The molecule has 0 unspecified atom stereocenters. The van der Waals surface area contributed by atoms with Gasteiger partial charge in [-0.1, -0.05) is 12.1 Å². The van der Waals surface area contributed by atoms with Crippen LogP contribution in [0.5, 0.6) is 17.2 Å². The maximum absolute atomic E-state index is 5.86. The molecular weight excluding hydrogens is 294 g/mol. The van der Waals surface area contributed by atoms with Crippen LogP contribution in [-0.4, -0.2) is 28.0 Å². The van der Waals surface area contributed by atoms with E-state index in [1.807, 2.05) is 42.5 Å². The number of rotatable bonds is 4. The average Bonchev–Trinajstić information content (AvgIpc) is 3.15. The highest BCUT2D eigenvalue weighted by molar-refractivity contribution is 5.44. The number of nitrogens with zero attached hydrogens (tertiary/aromatic N) is 3. The van der Waals surface area contributed by atoms with Crippen LogP contribution in [0.1, 0.15) is 5.56 Å². The van der Waals surface area contributed by atoms with Crippen molar-refractivity contribution in [3.05, 3.63) is 60.7 Å². The highest BCUT2D eigenvalue weighted by Gasteiger charge is 2.11. The van der Waals surface area contributed by atoms with Crippen LogP contribution < -0.4 is 14.2 Å². The van der Waals surface area contributed by atoms with Crippen molar-refractivity contribution in [1.29, 1.82) is 0 Å². The van der Waals surface area contributed by atoms with Gasteiger partial charge in [0.1, 0.15) is 38.2 Å². The van der Waals surface area contributed by atoms with Gasteiger partial charge < -0.3 is 14.2 Å². The van der Waals surface area contributed by atoms with Crippen molar-refractivity contribution in [2.24, 2.45) is 0 Å². The van der Waals surface area contributed by atoms with E-state index in [9.17, 15) is 0 Å². The molecule has 0 saturated carbocycles. The van der Waals surface area contributed by atoms with Crippen molar-refractivity contribution in [1.82, 2.24) is 14.8 Å². The van der Waals surface area contributed by atoms with E-state index in [0.29, 0.717) is 19.8 Å². The molecule has 4 rings (SSSR count). The van der Waals surface area contributed by atoms with Gasteiger partial charge in [0.05, 0.1) is 5.69 Å². The van der Waals surface area contributed by atoms with Crippen LogP contribution >= 0.6 is 0 Å². The average molecular weight is 309 g/mol. The highest BCUT2D eigenvalue weighted by Crippen LogP contribution is 2.31. The zero-order valence-corrected chi connectivity index (χ0v) is 12.4. The van der Waals surface area contributed by atoms with E-state index >= 15 is 0 Å². The number of ether oxygens (including phenoxy) is 3. The summed E-state index contributed by atoms with van der Waals surface area (Å²) >= 11 is 0. The number of fused-ring (bicyclic) bond motifs is 1. The third-order valence-corrected chi connectivity index (χ3v) is 3.51. The molecule has 0 radical (unpaired) electrons. The van der Waals surface area contributed by atoms with Crippen molar-refractivity contribution in [2.75, 3.05) is 13.2 Å². The smallest absolute Gasteiger partial charge is 0.161 e. The lowest BCUT2D eigenvalue weighted by Gasteiger charge is -2.19. The van der Waals surface area contributed by atoms with Gasteiger partial charge in [-0.2, -0.15) is 5.10 Å². The third-order valence-electron chi connectivity index (χ3n) is 3.51. The van der Waals surface area contributed by atoms with E-state index in [2.05, 4.69) is 10.1 Å². The van der Waals surface area contributed by atoms with Gasteiger partial charge in [-0.05, 0) is 29.8 Å². The Kier molecular flexibility index (Phi) is 3.56. The minimum Gasteiger partial charge on any atom is -0.489 e. The van der Waals surface area contributed by atoms with Crippen LogP contribution in [-0.2, 0) is 6.61 Å². The fourth-order valence-corrected chi connectivity index (χ4v) is 2.40. The van der Waals surface area contributed by atoms with Crippen molar-refractivity contribution >= 4 is 0 Å². The summed E-state index contributed by atoms with van der Waals surface area (Å²) in [5.41, 5.74) is 1.93. The molecule has 1 aliphatic rings. The van der Waals surface area contributed by atoms with Crippen molar-refractivity contribution in [3.63, 3.8) is 0 Å². The minimum atomic E-state index is 0.456. The molecule has 0 spiro atoms. The molecule has 2 aromatic carbocycles. The summed E-state index contributed by atoms with van der Waals surface area (Å²) in [7, 11) is 0. The molecule has 0 bridgehead atoms. The standard InChI is InChI=1S/C17H15N3O3/c1-2-14(20-12-18-11-19-20)9-15(3-1)23-10-13-4-5-16-17(8-13)22-7-6-21-16/h1-5,8-9,11-12H,6-7,10H2. The molecule has 0 atom stereocenters. The lowest BCUT2D eigenvalue weighted by molar-refractivity contribution is 0.171. The Morgan fingerprint density at radius 3 is 2.83 bits per heavy atom. The first kappa shape index (κ1) is 13.6. The third kappa shape index (κ3) is 2.96. The molecule has 0 amide bonds. The molecule has 23 heavy (non-hydrogen) atoms. The summed E-state index contributed by atoms with van der Waals surface area (Å²) in [5.74, 6) is 2.33. The Labute approximate surface area is 133 Å². The molecule has 116 valence electrons. The largest absolute Gasteiger partial charge is 0.489 e. The molecule has 6 heteroatoms. The second-order valence-corrected chi connectivity index (χ2v) is 5.10. The molecule has 6 nitrogen and oxygen atoms in total. The minimum absolute atomic E-state index is 0.456. The van der Waals surface area contributed by atoms with Crippen molar-refractivity contribution in [2.45, 2.75) is 6.61 Å². The quantitative estimate of drug-likeness (QED) is 0.741. The van der Waals surface area contributed by atoms with E-state index < -0.39 is 0 Å². The van der Waals surface area contributed by atoms with E-state index in [1.54, 1.807) is 11.0 Å². The predicted octanol–water partition coefficient (Wildman–Crippen LogP) is 2.62. The second-order valence-electron chi connectivity index (χ2n) is 5.10. The first-order valence-corrected chi connectivity index (χ1v) is 7.35. The van der Waals surface area contributed by atoms with E-state index in [4.69, 9.17) is 14.2 Å². The monoisotopic (exact) mass is 309 g/mol. The van der Waals surface area contributed by atoms with Crippen LogP contribution in [0, 0.1) is 0 Å². The normalized spacial score (nSPS) is 12.9. The Bertz CT molecular complexity index is 803. The van der Waals surface area contributed by atoms with Crippen LogP contribution in [0.2, 0.25) is 0 Å². The summed E-state index contributed by atoms with van der Waals surface area (Å²) in [6.07, 6.45) is 3.16. The maximum Gasteiger partial charge on any atom is 0.161 e. The second kappa shape index (κ2) is 6.00. The van der Waals surface area contributed by atoms with Gasteiger partial charge in [0, 0.05) is 6.07 Å². The van der Waals surface area contributed by atoms with Gasteiger partial charge in [0.25, 0.3) is 0 Å². The van der Waals surface area contributed by atoms with Gasteiger partial charge in [-0.25, -0.2) is 9.67 Å². The lowest BCUT2D eigenvalue weighted by atomic mass is 10.2. The zero-order chi connectivity index (χ0) is 15.5. The Balaban J connectivity index is 1.48. The zero-order valence-electron chi connectivity index (χ0n) is 12.4. The van der Waals surface area contributed by atoms with E-state index in [1.165, 1.54) is 6.33 Å². The van der Waals surface area contributed by atoms with Gasteiger partial charge in [-0.15, -0.1) is 0 Å². The highest BCUT2D eigenvalue weighted by atomic mass is 16.6. The molecule has 0 fully saturated rings. The van der Waals surface area contributed by atoms with Gasteiger partial charge >= 0.3 is 0 Å². The summed E-state index contributed by atoms with van der Waals surface area (Å²) < 4.78 is 18.7. The molecular formula is C17H15N3O3. The summed E-state index contributed by atoms with van der Waals surface area (Å²) in [5, 5.41) is 4.11. The summed E-state index contributed by atoms with van der Waals surface area (Å²) in [6.45, 7) is 1.63. The van der Waals surface area contributed by atoms with Crippen LogP contribution in [0.15, 0.2) is 55.1 Å². The summed E-state index contributed by atoms with van der Waals surface area (Å²) in [6, 6.07) is 13.6. The lowest BCUT2D eigenvalue weighted by Crippen LogP contribution is -2.15. The predicted molar refractivity (Wildman–Crippen MR) is 83.1 cm³/mol. The Hall–Kier alpha value is -3.02. The summed E-state index contributed by atoms with van der Waals surface area (Å²) in [4.78, 5) is 3.95. The Morgan fingerprint density at radius 2 is 1.96 bits per heavy atom. The van der Waals surface area contributed by atoms with E-state index in [-0.39, 0.29) is 0 Å². The maximum atomic E-state index is 5.86. The van der Waals surface area contributed by atoms with Crippen LogP contribution in [0.4, 0.5) is 0 Å². The van der Waals surface area contributed by atoms with Crippen molar-refractivity contribution < 1.29 is 14.2 Å². The van der Waals surface area contributed by atoms with Crippen LogP contribution in [0.25, 0.3) is 5.69 Å². The molecule has 0 aliphatic carbocycles. The SMILES string of the molecule is c1cc(OCc2ccc3c(c2)OCCO3)cc(-n2cncn2)c1. The molecule has 3 aromatic rings. The molecule has 0 N–H and O–H groups in total. The number of benzene rings is 2. The van der Waals surface area contributed by atoms with E-state index in [0.717, 1.165) is 28.5 Å². The fourth-order valence-electron chi connectivity index (χ4n) is 2.40. The van der Waals surface area contributed by atoms with Crippen molar-refractivity contribution in [3.8, 4) is 22.9 Å². The topological polar surface area (TPSA) is 58.4 Å².